The summed E-state index contributed by atoms with van der Waals surface area (Å²) in [6.07, 6.45) is 1.85. The molecule has 0 saturated heterocycles. The number of nitrogens with one attached hydrogen (secondary N) is 1. The first-order valence-electron chi connectivity index (χ1n) is 6.83. The Balaban J connectivity index is 1.80. The lowest BCUT2D eigenvalue weighted by molar-refractivity contribution is -0.116. The topological polar surface area (TPSA) is 34.0 Å². The summed E-state index contributed by atoms with van der Waals surface area (Å²) in [6.45, 7) is 1.99. The van der Waals surface area contributed by atoms with E-state index in [1.165, 1.54) is 6.07 Å². The van der Waals surface area contributed by atoms with Crippen molar-refractivity contribution >= 4 is 38.4 Å². The molecule has 112 valence electrons. The van der Waals surface area contributed by atoms with Crippen LogP contribution in [0.4, 0.5) is 10.1 Å². The van der Waals surface area contributed by atoms with Gasteiger partial charge in [-0.1, -0.05) is 22.0 Å². The first-order chi connectivity index (χ1) is 10.5. The van der Waals surface area contributed by atoms with E-state index in [1.54, 1.807) is 12.1 Å². The molecule has 1 heterocycles. The van der Waals surface area contributed by atoms with Crippen molar-refractivity contribution in [3.05, 3.63) is 64.5 Å². The minimum Gasteiger partial charge on any atom is -0.338 e. The third-order valence-corrected chi connectivity index (χ3v) is 3.94. The minimum absolute atomic E-state index is 0.137. The van der Waals surface area contributed by atoms with Gasteiger partial charge in [-0.3, -0.25) is 4.79 Å². The summed E-state index contributed by atoms with van der Waals surface area (Å²) in [5, 5.41) is 3.67. The Morgan fingerprint density at radius 3 is 2.86 bits per heavy atom. The summed E-state index contributed by atoms with van der Waals surface area (Å²) >= 11 is 3.42. The van der Waals surface area contributed by atoms with Gasteiger partial charge < -0.3 is 9.88 Å². The van der Waals surface area contributed by atoms with Crippen LogP contribution in [-0.4, -0.2) is 10.5 Å². The maximum atomic E-state index is 13.7. The summed E-state index contributed by atoms with van der Waals surface area (Å²) < 4.78 is 16.5. The Kier molecular flexibility index (Phi) is 3.98. The molecule has 22 heavy (non-hydrogen) atoms. The molecule has 0 unspecified atom stereocenters. The first kappa shape index (κ1) is 14.8. The van der Waals surface area contributed by atoms with Gasteiger partial charge in [0.15, 0.2) is 0 Å². The molecule has 1 aromatic heterocycles. The lowest BCUT2D eigenvalue weighted by Crippen LogP contribution is -2.19. The van der Waals surface area contributed by atoms with Gasteiger partial charge in [0.05, 0.1) is 5.69 Å². The molecule has 1 amide bonds. The second kappa shape index (κ2) is 5.93. The van der Waals surface area contributed by atoms with Gasteiger partial charge in [-0.2, -0.15) is 0 Å². The van der Waals surface area contributed by atoms with Crippen LogP contribution in [-0.2, 0) is 11.3 Å². The smallest absolute Gasteiger partial charge is 0.244 e. The van der Waals surface area contributed by atoms with Crippen molar-refractivity contribution < 1.29 is 9.18 Å². The van der Waals surface area contributed by atoms with E-state index in [0.717, 1.165) is 20.9 Å². The highest BCUT2D eigenvalue weighted by molar-refractivity contribution is 9.10. The average molecular weight is 361 g/mol. The highest BCUT2D eigenvalue weighted by Gasteiger charge is 2.09. The first-order valence-corrected chi connectivity index (χ1v) is 7.62. The van der Waals surface area contributed by atoms with Gasteiger partial charge in [-0.25, -0.2) is 4.39 Å². The third-order valence-electron chi connectivity index (χ3n) is 3.44. The molecule has 3 rings (SSSR count). The van der Waals surface area contributed by atoms with Crippen molar-refractivity contribution in [1.82, 2.24) is 4.57 Å². The van der Waals surface area contributed by atoms with Crippen LogP contribution in [0.2, 0.25) is 0 Å². The summed E-state index contributed by atoms with van der Waals surface area (Å²) in [4.78, 5) is 12.1. The number of fused-ring (bicyclic) bond motifs is 1. The van der Waals surface area contributed by atoms with Crippen molar-refractivity contribution in [3.8, 4) is 0 Å². The Hall–Kier alpha value is -2.14. The van der Waals surface area contributed by atoms with Crippen LogP contribution in [0.25, 0.3) is 10.9 Å². The summed E-state index contributed by atoms with van der Waals surface area (Å²) in [5.41, 5.74) is 2.07. The highest BCUT2D eigenvalue weighted by Crippen LogP contribution is 2.21. The van der Waals surface area contributed by atoms with E-state index >= 15 is 0 Å². The SMILES string of the molecule is Cc1ccc(F)c(NC(=O)Cn2ccc3cc(Br)ccc32)c1. The number of nitrogens with zero attached hydrogens (tertiary/aromatic N) is 1. The minimum atomic E-state index is -0.430. The molecule has 3 nitrogen and oxygen atoms in total. The number of halogens is 2. The molecule has 0 spiro atoms. The Labute approximate surface area is 135 Å². The van der Waals surface area contributed by atoms with Gasteiger partial charge in [0.2, 0.25) is 5.91 Å². The van der Waals surface area contributed by atoms with E-state index in [9.17, 15) is 9.18 Å². The molecular weight excluding hydrogens is 347 g/mol. The monoisotopic (exact) mass is 360 g/mol. The van der Waals surface area contributed by atoms with Crippen LogP contribution >= 0.6 is 15.9 Å². The van der Waals surface area contributed by atoms with Crippen molar-refractivity contribution in [2.75, 3.05) is 5.32 Å². The fourth-order valence-corrected chi connectivity index (χ4v) is 2.77. The number of aromatic nitrogens is 1. The van der Waals surface area contributed by atoms with E-state index in [4.69, 9.17) is 0 Å². The predicted octanol–water partition coefficient (Wildman–Crippen LogP) is 4.49. The fraction of sp³-hybridized carbons (Fsp3) is 0.118. The van der Waals surface area contributed by atoms with Crippen molar-refractivity contribution in [2.24, 2.45) is 0 Å². The van der Waals surface area contributed by atoms with Crippen LogP contribution < -0.4 is 5.32 Å². The molecule has 0 atom stereocenters. The number of amides is 1. The molecular formula is C17H14BrFN2O. The number of hydrogen-bond donors (Lipinski definition) is 1. The Morgan fingerprint density at radius 1 is 1.23 bits per heavy atom. The largest absolute Gasteiger partial charge is 0.338 e. The summed E-state index contributed by atoms with van der Waals surface area (Å²) in [7, 11) is 0. The van der Waals surface area contributed by atoms with Gasteiger partial charge in [-0.15, -0.1) is 0 Å². The zero-order valence-electron chi connectivity index (χ0n) is 11.9. The number of hydrogen-bond acceptors (Lipinski definition) is 1. The Bertz CT molecular complexity index is 857. The number of carbonyl (C=O) groups excluding carboxylic acids is 1. The molecule has 0 saturated carbocycles. The molecule has 5 heteroatoms. The standard InChI is InChI=1S/C17H14BrFN2O/c1-11-2-4-14(19)15(8-11)20-17(22)10-21-7-6-12-9-13(18)3-5-16(12)21/h2-9H,10H2,1H3,(H,20,22). The lowest BCUT2D eigenvalue weighted by Gasteiger charge is -2.09. The Morgan fingerprint density at radius 2 is 2.05 bits per heavy atom. The molecule has 0 fully saturated rings. The fourth-order valence-electron chi connectivity index (χ4n) is 2.39. The molecule has 0 radical (unpaired) electrons. The number of rotatable bonds is 3. The van der Waals surface area contributed by atoms with Crippen LogP contribution in [0, 0.1) is 12.7 Å². The second-order valence-corrected chi connectivity index (χ2v) is 6.09. The van der Waals surface area contributed by atoms with Crippen LogP contribution in [0.5, 0.6) is 0 Å². The van der Waals surface area contributed by atoms with E-state index in [2.05, 4.69) is 21.2 Å². The van der Waals surface area contributed by atoms with Gasteiger partial charge in [-0.05, 0) is 48.9 Å². The van der Waals surface area contributed by atoms with E-state index in [0.29, 0.717) is 0 Å². The van der Waals surface area contributed by atoms with Crippen molar-refractivity contribution in [3.63, 3.8) is 0 Å². The predicted molar refractivity (Wildman–Crippen MR) is 89.4 cm³/mol. The van der Waals surface area contributed by atoms with Gasteiger partial charge in [0.25, 0.3) is 0 Å². The van der Waals surface area contributed by atoms with E-state index < -0.39 is 5.82 Å². The van der Waals surface area contributed by atoms with Crippen LogP contribution in [0.15, 0.2) is 53.1 Å². The number of carbonyl (C=O) groups is 1. The number of aryl methyl sites for hydroxylation is 1. The third kappa shape index (κ3) is 3.04. The lowest BCUT2D eigenvalue weighted by atomic mass is 10.2. The quantitative estimate of drug-likeness (QED) is 0.733. The number of anilines is 1. The average Bonchev–Trinajstić information content (AvgIpc) is 2.85. The van der Waals surface area contributed by atoms with Crippen LogP contribution in [0.3, 0.4) is 0 Å². The molecule has 0 aliphatic carbocycles. The summed E-state index contributed by atoms with van der Waals surface area (Å²) in [5.74, 6) is -0.690. The normalized spacial score (nSPS) is 10.9. The zero-order valence-corrected chi connectivity index (χ0v) is 13.5. The molecule has 1 N–H and O–H groups in total. The van der Waals surface area contributed by atoms with Gasteiger partial charge in [0, 0.05) is 21.6 Å². The zero-order chi connectivity index (χ0) is 15.7. The molecule has 0 aliphatic rings. The molecule has 3 aromatic rings. The summed E-state index contributed by atoms with van der Waals surface area (Å²) in [6, 6.07) is 12.5. The second-order valence-electron chi connectivity index (χ2n) is 5.18. The van der Waals surface area contributed by atoms with Gasteiger partial charge in [0.1, 0.15) is 12.4 Å². The molecule has 2 aromatic carbocycles. The molecule has 0 aliphatic heterocycles. The number of benzene rings is 2. The van der Waals surface area contributed by atoms with Crippen molar-refractivity contribution in [2.45, 2.75) is 13.5 Å². The highest BCUT2D eigenvalue weighted by atomic mass is 79.9. The molecule has 0 bridgehead atoms. The van der Waals surface area contributed by atoms with E-state index in [-0.39, 0.29) is 18.1 Å². The maximum Gasteiger partial charge on any atom is 0.244 e. The van der Waals surface area contributed by atoms with Crippen molar-refractivity contribution in [1.29, 1.82) is 0 Å². The maximum absolute atomic E-state index is 13.7. The van der Waals surface area contributed by atoms with E-state index in [1.807, 2.05) is 42.0 Å². The van der Waals surface area contributed by atoms with Crippen LogP contribution in [0.1, 0.15) is 5.56 Å². The van der Waals surface area contributed by atoms with Gasteiger partial charge >= 0.3 is 0 Å².